The summed E-state index contributed by atoms with van der Waals surface area (Å²) in [6, 6.07) is 5.26. The van der Waals surface area contributed by atoms with Crippen molar-refractivity contribution < 1.29 is 14.3 Å². The van der Waals surface area contributed by atoms with Crippen LogP contribution in [0, 0.1) is 0 Å². The molecule has 5 nitrogen and oxygen atoms in total. The van der Waals surface area contributed by atoms with Crippen molar-refractivity contribution in [3.8, 4) is 11.5 Å². The summed E-state index contributed by atoms with van der Waals surface area (Å²) in [5.41, 5.74) is 6.77. The first-order chi connectivity index (χ1) is 10.2. The van der Waals surface area contributed by atoms with Gasteiger partial charge in [-0.05, 0) is 24.5 Å². The number of fused-ring (bicyclic) bond motifs is 1. The van der Waals surface area contributed by atoms with Gasteiger partial charge in [0.25, 0.3) is 0 Å². The summed E-state index contributed by atoms with van der Waals surface area (Å²) >= 11 is 1.69. The Morgan fingerprint density at radius 1 is 1.43 bits per heavy atom. The molecule has 0 radical (unpaired) electrons. The molecule has 0 aliphatic carbocycles. The molecule has 3 N–H and O–H groups in total. The number of benzene rings is 1. The van der Waals surface area contributed by atoms with Crippen molar-refractivity contribution in [1.29, 1.82) is 0 Å². The van der Waals surface area contributed by atoms with Gasteiger partial charge in [-0.3, -0.25) is 4.79 Å². The molecule has 0 aromatic heterocycles. The van der Waals surface area contributed by atoms with Gasteiger partial charge >= 0.3 is 0 Å². The van der Waals surface area contributed by atoms with Gasteiger partial charge in [-0.1, -0.05) is 12.1 Å². The van der Waals surface area contributed by atoms with Gasteiger partial charge in [-0.15, -0.1) is 0 Å². The van der Waals surface area contributed by atoms with Crippen LogP contribution < -0.4 is 20.5 Å². The molecule has 0 saturated heterocycles. The van der Waals surface area contributed by atoms with Crippen molar-refractivity contribution in [1.82, 2.24) is 5.32 Å². The van der Waals surface area contributed by atoms with Crippen molar-refractivity contribution in [3.63, 3.8) is 0 Å². The summed E-state index contributed by atoms with van der Waals surface area (Å²) in [6.07, 6.45) is 3.54. The number of para-hydroxylation sites is 1. The third-order valence-corrected chi connectivity index (χ3v) is 3.92. The van der Waals surface area contributed by atoms with E-state index in [1.807, 2.05) is 24.5 Å². The van der Waals surface area contributed by atoms with Gasteiger partial charge in [0, 0.05) is 18.5 Å². The Morgan fingerprint density at radius 2 is 2.24 bits per heavy atom. The normalized spacial score (nSPS) is 15.1. The van der Waals surface area contributed by atoms with E-state index in [0.717, 1.165) is 29.2 Å². The molecule has 1 aromatic rings. The second-order valence-corrected chi connectivity index (χ2v) is 5.89. The molecule has 0 saturated carbocycles. The maximum absolute atomic E-state index is 11.9. The monoisotopic (exact) mass is 310 g/mol. The molecular formula is C15H22N2O3S. The molecular weight excluding hydrogens is 288 g/mol. The zero-order valence-electron chi connectivity index (χ0n) is 12.3. The number of carbonyl (C=O) groups excluding carboxylic acids is 1. The molecule has 21 heavy (non-hydrogen) atoms. The van der Waals surface area contributed by atoms with Crippen LogP contribution in [-0.2, 0) is 11.3 Å². The van der Waals surface area contributed by atoms with Gasteiger partial charge in [-0.2, -0.15) is 11.8 Å². The Kier molecular flexibility index (Phi) is 6.20. The number of carbonyl (C=O) groups is 1. The third kappa shape index (κ3) is 4.54. The number of nitrogens with one attached hydrogen (secondary N) is 1. The van der Waals surface area contributed by atoms with Crippen molar-refractivity contribution >= 4 is 17.7 Å². The molecule has 1 aliphatic heterocycles. The molecule has 0 bridgehead atoms. The fourth-order valence-electron chi connectivity index (χ4n) is 2.08. The summed E-state index contributed by atoms with van der Waals surface area (Å²) < 4.78 is 11.4. The highest BCUT2D eigenvalue weighted by atomic mass is 32.2. The van der Waals surface area contributed by atoms with Crippen molar-refractivity contribution in [2.45, 2.75) is 25.4 Å². The lowest BCUT2D eigenvalue weighted by Gasteiger charge is -2.15. The van der Waals surface area contributed by atoms with E-state index < -0.39 is 6.04 Å². The van der Waals surface area contributed by atoms with Gasteiger partial charge < -0.3 is 20.5 Å². The van der Waals surface area contributed by atoms with Crippen LogP contribution in [0.15, 0.2) is 18.2 Å². The van der Waals surface area contributed by atoms with Crippen LogP contribution in [0.1, 0.15) is 18.4 Å². The molecule has 0 spiro atoms. The zero-order valence-corrected chi connectivity index (χ0v) is 13.1. The first-order valence-electron chi connectivity index (χ1n) is 7.12. The first-order valence-corrected chi connectivity index (χ1v) is 8.51. The van der Waals surface area contributed by atoms with Crippen LogP contribution in [0.2, 0.25) is 0 Å². The minimum atomic E-state index is -0.461. The highest BCUT2D eigenvalue weighted by Gasteiger charge is 2.17. The Hall–Kier alpha value is -1.40. The number of ether oxygens (including phenoxy) is 2. The number of hydrogen-bond donors (Lipinski definition) is 2. The van der Waals surface area contributed by atoms with E-state index in [4.69, 9.17) is 15.2 Å². The molecule has 0 fully saturated rings. The Bertz CT molecular complexity index is 482. The van der Waals surface area contributed by atoms with Crippen LogP contribution in [0.5, 0.6) is 11.5 Å². The lowest BCUT2D eigenvalue weighted by molar-refractivity contribution is -0.122. The number of amides is 1. The lowest BCUT2D eigenvalue weighted by Crippen LogP contribution is -2.40. The van der Waals surface area contributed by atoms with E-state index in [0.29, 0.717) is 26.2 Å². The average molecular weight is 310 g/mol. The van der Waals surface area contributed by atoms with E-state index in [9.17, 15) is 4.79 Å². The Balaban J connectivity index is 1.95. The number of thioether (sulfide) groups is 1. The van der Waals surface area contributed by atoms with Crippen molar-refractivity contribution in [2.24, 2.45) is 5.73 Å². The summed E-state index contributed by atoms with van der Waals surface area (Å²) in [6.45, 7) is 1.69. The van der Waals surface area contributed by atoms with Crippen LogP contribution in [0.4, 0.5) is 0 Å². The predicted molar refractivity (Wildman–Crippen MR) is 84.9 cm³/mol. The topological polar surface area (TPSA) is 73.6 Å². The molecule has 1 aliphatic rings. The second kappa shape index (κ2) is 8.14. The van der Waals surface area contributed by atoms with Crippen LogP contribution in [0.25, 0.3) is 0 Å². The number of hydrogen-bond acceptors (Lipinski definition) is 5. The second-order valence-electron chi connectivity index (χ2n) is 4.90. The van der Waals surface area contributed by atoms with Gasteiger partial charge in [0.05, 0.1) is 19.3 Å². The van der Waals surface area contributed by atoms with Crippen molar-refractivity contribution in [3.05, 3.63) is 23.8 Å². The summed E-state index contributed by atoms with van der Waals surface area (Å²) in [4.78, 5) is 11.9. The average Bonchev–Trinajstić information content (AvgIpc) is 2.75. The smallest absolute Gasteiger partial charge is 0.237 e. The van der Waals surface area contributed by atoms with Crippen LogP contribution in [-0.4, -0.2) is 37.2 Å². The molecule has 6 heteroatoms. The molecule has 1 atom stereocenters. The fraction of sp³-hybridized carbons (Fsp3) is 0.533. The quantitative estimate of drug-likeness (QED) is 0.834. The van der Waals surface area contributed by atoms with Crippen molar-refractivity contribution in [2.75, 3.05) is 25.2 Å². The fourth-order valence-corrected chi connectivity index (χ4v) is 2.57. The van der Waals surface area contributed by atoms with Gasteiger partial charge in [0.15, 0.2) is 11.5 Å². The summed E-state index contributed by atoms with van der Waals surface area (Å²) in [5.74, 6) is 2.22. The maximum Gasteiger partial charge on any atom is 0.237 e. The first kappa shape index (κ1) is 16.0. The molecule has 1 amide bonds. The maximum atomic E-state index is 11.9. The van der Waals surface area contributed by atoms with Gasteiger partial charge in [0.1, 0.15) is 0 Å². The third-order valence-electron chi connectivity index (χ3n) is 3.28. The summed E-state index contributed by atoms with van der Waals surface area (Å²) in [5, 5.41) is 2.87. The Morgan fingerprint density at radius 3 is 3.05 bits per heavy atom. The predicted octanol–water partition coefficient (Wildman–Crippen LogP) is 1.54. The van der Waals surface area contributed by atoms with Crippen LogP contribution in [0.3, 0.4) is 0 Å². The highest BCUT2D eigenvalue weighted by Crippen LogP contribution is 2.33. The van der Waals surface area contributed by atoms with E-state index in [1.165, 1.54) is 0 Å². The minimum Gasteiger partial charge on any atom is -0.490 e. The SMILES string of the molecule is CSCCC(N)C(=O)NCc1cccc2c1OCCCO2. The van der Waals surface area contributed by atoms with Gasteiger partial charge in [0.2, 0.25) is 5.91 Å². The molecule has 1 unspecified atom stereocenters. The largest absolute Gasteiger partial charge is 0.490 e. The minimum absolute atomic E-state index is 0.129. The highest BCUT2D eigenvalue weighted by molar-refractivity contribution is 7.98. The molecule has 1 aromatic carbocycles. The standard InChI is InChI=1S/C15H22N2O3S/c1-21-9-6-12(16)15(18)17-10-11-4-2-5-13-14(11)20-8-3-7-19-13/h2,4-5,12H,3,6-10,16H2,1H3,(H,17,18). The molecule has 2 rings (SSSR count). The lowest BCUT2D eigenvalue weighted by atomic mass is 10.1. The van der Waals surface area contributed by atoms with E-state index in [1.54, 1.807) is 11.8 Å². The molecule has 116 valence electrons. The van der Waals surface area contributed by atoms with Gasteiger partial charge in [-0.25, -0.2) is 0 Å². The number of nitrogens with two attached hydrogens (primary N) is 1. The zero-order chi connectivity index (χ0) is 15.1. The molecule has 1 heterocycles. The summed E-state index contributed by atoms with van der Waals surface area (Å²) in [7, 11) is 0. The number of rotatable bonds is 6. The Labute approximate surface area is 129 Å². The van der Waals surface area contributed by atoms with E-state index in [-0.39, 0.29) is 5.91 Å². The van der Waals surface area contributed by atoms with E-state index in [2.05, 4.69) is 5.32 Å². The van der Waals surface area contributed by atoms with Crippen LogP contribution >= 0.6 is 11.8 Å². The van der Waals surface area contributed by atoms with E-state index >= 15 is 0 Å².